The molecule has 0 saturated heterocycles. The van der Waals surface area contributed by atoms with E-state index in [-0.39, 0.29) is 0 Å². The van der Waals surface area contributed by atoms with E-state index < -0.39 is 0 Å². The van der Waals surface area contributed by atoms with Gasteiger partial charge in [-0.15, -0.1) is 0 Å². The number of hydrogen-bond acceptors (Lipinski definition) is 1. The number of allylic oxidation sites excluding steroid dienone is 1. The zero-order valence-electron chi connectivity index (χ0n) is 12.4. The minimum absolute atomic E-state index is 0.967. The molecule has 1 aliphatic carbocycles. The second kappa shape index (κ2) is 6.27. The van der Waals surface area contributed by atoms with Gasteiger partial charge in [0.15, 0.2) is 0 Å². The largest absolute Gasteiger partial charge is 0.350 e. The Morgan fingerprint density at radius 2 is 2.10 bits per heavy atom. The third kappa shape index (κ3) is 2.96. The van der Waals surface area contributed by atoms with E-state index in [4.69, 9.17) is 0 Å². The first-order valence-electron chi connectivity index (χ1n) is 7.76. The SMILES string of the molecule is Cn1cc(CNCCC2=CCCCC2)c2ccccc21. The molecule has 1 aromatic heterocycles. The van der Waals surface area contributed by atoms with Crippen LogP contribution in [0.25, 0.3) is 10.9 Å². The van der Waals surface area contributed by atoms with Crippen LogP contribution in [0.4, 0.5) is 0 Å². The minimum atomic E-state index is 0.967. The normalized spacial score (nSPS) is 15.6. The van der Waals surface area contributed by atoms with Gasteiger partial charge in [0.2, 0.25) is 0 Å². The number of nitrogens with one attached hydrogen (secondary N) is 1. The van der Waals surface area contributed by atoms with Crippen molar-refractivity contribution in [3.05, 3.63) is 47.7 Å². The number of rotatable bonds is 5. The smallest absolute Gasteiger partial charge is 0.0481 e. The Kier molecular flexibility index (Phi) is 4.22. The average Bonchev–Trinajstić information content (AvgIpc) is 2.82. The highest BCUT2D eigenvalue weighted by Crippen LogP contribution is 2.21. The van der Waals surface area contributed by atoms with Gasteiger partial charge >= 0.3 is 0 Å². The summed E-state index contributed by atoms with van der Waals surface area (Å²) in [6.07, 6.45) is 11.3. The quantitative estimate of drug-likeness (QED) is 0.636. The molecule has 1 heterocycles. The number of aryl methyl sites for hydroxylation is 1. The van der Waals surface area contributed by atoms with E-state index in [0.29, 0.717) is 0 Å². The number of hydrogen-bond donors (Lipinski definition) is 1. The Bertz CT molecular complexity index is 607. The van der Waals surface area contributed by atoms with Crippen molar-refractivity contribution in [1.82, 2.24) is 9.88 Å². The molecular weight excluding hydrogens is 244 g/mol. The molecule has 0 amide bonds. The lowest BCUT2D eigenvalue weighted by Crippen LogP contribution is -2.15. The van der Waals surface area contributed by atoms with Gasteiger partial charge in [0.05, 0.1) is 0 Å². The average molecular weight is 268 g/mol. The van der Waals surface area contributed by atoms with Crippen LogP contribution in [0.2, 0.25) is 0 Å². The monoisotopic (exact) mass is 268 g/mol. The van der Waals surface area contributed by atoms with E-state index in [1.807, 2.05) is 0 Å². The molecule has 2 heteroatoms. The molecule has 0 bridgehead atoms. The Balaban J connectivity index is 1.56. The first-order valence-corrected chi connectivity index (χ1v) is 7.76. The molecule has 2 nitrogen and oxygen atoms in total. The van der Waals surface area contributed by atoms with E-state index in [1.165, 1.54) is 48.6 Å². The summed E-state index contributed by atoms with van der Waals surface area (Å²) < 4.78 is 2.22. The summed E-state index contributed by atoms with van der Waals surface area (Å²) in [7, 11) is 2.12. The maximum atomic E-state index is 3.60. The van der Waals surface area contributed by atoms with Crippen LogP contribution in [0.1, 0.15) is 37.7 Å². The second-order valence-electron chi connectivity index (χ2n) is 5.82. The van der Waals surface area contributed by atoms with Crippen molar-refractivity contribution in [2.24, 2.45) is 7.05 Å². The molecule has 3 rings (SSSR count). The van der Waals surface area contributed by atoms with Crippen LogP contribution in [0.5, 0.6) is 0 Å². The van der Waals surface area contributed by atoms with E-state index in [9.17, 15) is 0 Å². The van der Waals surface area contributed by atoms with Gasteiger partial charge in [-0.25, -0.2) is 0 Å². The fraction of sp³-hybridized carbons (Fsp3) is 0.444. The number of aromatic nitrogens is 1. The minimum Gasteiger partial charge on any atom is -0.350 e. The topological polar surface area (TPSA) is 17.0 Å². The van der Waals surface area contributed by atoms with E-state index in [2.05, 4.69) is 53.5 Å². The second-order valence-corrected chi connectivity index (χ2v) is 5.82. The molecule has 0 fully saturated rings. The van der Waals surface area contributed by atoms with Crippen molar-refractivity contribution < 1.29 is 0 Å². The maximum Gasteiger partial charge on any atom is 0.0481 e. The molecule has 1 aliphatic rings. The fourth-order valence-corrected chi connectivity index (χ4v) is 3.17. The summed E-state index contributed by atoms with van der Waals surface area (Å²) in [4.78, 5) is 0. The van der Waals surface area contributed by atoms with Crippen LogP contribution in [0.3, 0.4) is 0 Å². The standard InChI is InChI=1S/C18H24N2/c1-20-14-16(17-9-5-6-10-18(17)20)13-19-12-11-15-7-3-2-4-8-15/h5-7,9-10,14,19H,2-4,8,11-13H2,1H3. The van der Waals surface area contributed by atoms with Gasteiger partial charge in [-0.2, -0.15) is 0 Å². The summed E-state index contributed by atoms with van der Waals surface area (Å²) in [5, 5.41) is 4.97. The third-order valence-electron chi connectivity index (χ3n) is 4.30. The summed E-state index contributed by atoms with van der Waals surface area (Å²) in [6.45, 7) is 2.06. The fourth-order valence-electron chi connectivity index (χ4n) is 3.17. The Morgan fingerprint density at radius 3 is 2.95 bits per heavy atom. The van der Waals surface area contributed by atoms with Crippen LogP contribution in [-0.4, -0.2) is 11.1 Å². The van der Waals surface area contributed by atoms with Gasteiger partial charge in [-0.3, -0.25) is 0 Å². The van der Waals surface area contributed by atoms with E-state index in [0.717, 1.165) is 13.1 Å². The molecule has 0 saturated carbocycles. The summed E-state index contributed by atoms with van der Waals surface area (Å²) in [6, 6.07) is 8.63. The molecule has 0 aliphatic heterocycles. The molecule has 1 aromatic carbocycles. The summed E-state index contributed by atoms with van der Waals surface area (Å²) in [5.74, 6) is 0. The number of fused-ring (bicyclic) bond motifs is 1. The third-order valence-corrected chi connectivity index (χ3v) is 4.30. The highest BCUT2D eigenvalue weighted by atomic mass is 14.9. The van der Waals surface area contributed by atoms with Gasteiger partial charge < -0.3 is 9.88 Å². The molecule has 106 valence electrons. The summed E-state index contributed by atoms with van der Waals surface area (Å²) in [5.41, 5.74) is 4.38. The van der Waals surface area contributed by atoms with Crippen LogP contribution >= 0.6 is 0 Å². The zero-order valence-corrected chi connectivity index (χ0v) is 12.4. The van der Waals surface area contributed by atoms with Crippen LogP contribution < -0.4 is 5.32 Å². The number of nitrogens with zero attached hydrogens (tertiary/aromatic N) is 1. The van der Waals surface area contributed by atoms with Gasteiger partial charge in [-0.1, -0.05) is 29.8 Å². The Morgan fingerprint density at radius 1 is 1.20 bits per heavy atom. The number of para-hydroxylation sites is 1. The molecule has 0 unspecified atom stereocenters. The maximum absolute atomic E-state index is 3.60. The molecule has 20 heavy (non-hydrogen) atoms. The number of benzene rings is 1. The first-order chi connectivity index (χ1) is 9.84. The first kappa shape index (κ1) is 13.4. The van der Waals surface area contributed by atoms with Crippen molar-refractivity contribution in [3.8, 4) is 0 Å². The van der Waals surface area contributed by atoms with Crippen molar-refractivity contribution in [2.75, 3.05) is 6.54 Å². The van der Waals surface area contributed by atoms with Crippen molar-refractivity contribution >= 4 is 10.9 Å². The van der Waals surface area contributed by atoms with Gasteiger partial charge in [0.1, 0.15) is 0 Å². The molecular formula is C18H24N2. The molecule has 0 atom stereocenters. The zero-order chi connectivity index (χ0) is 13.8. The predicted molar refractivity (Wildman–Crippen MR) is 85.8 cm³/mol. The van der Waals surface area contributed by atoms with Gasteiger partial charge in [-0.05, 0) is 50.3 Å². The van der Waals surface area contributed by atoms with Gasteiger partial charge in [0.25, 0.3) is 0 Å². The molecule has 2 aromatic rings. The Labute approximate surface area is 121 Å². The Hall–Kier alpha value is -1.54. The lowest BCUT2D eigenvalue weighted by molar-refractivity contribution is 0.633. The summed E-state index contributed by atoms with van der Waals surface area (Å²) >= 11 is 0. The van der Waals surface area contributed by atoms with Crippen molar-refractivity contribution in [2.45, 2.75) is 38.6 Å². The van der Waals surface area contributed by atoms with Crippen LogP contribution in [0.15, 0.2) is 42.1 Å². The lowest BCUT2D eigenvalue weighted by Gasteiger charge is -2.12. The van der Waals surface area contributed by atoms with Crippen molar-refractivity contribution in [1.29, 1.82) is 0 Å². The van der Waals surface area contributed by atoms with Crippen LogP contribution in [-0.2, 0) is 13.6 Å². The lowest BCUT2D eigenvalue weighted by atomic mass is 9.97. The highest BCUT2D eigenvalue weighted by Gasteiger charge is 2.06. The molecule has 0 spiro atoms. The molecule has 1 N–H and O–H groups in total. The van der Waals surface area contributed by atoms with Crippen LogP contribution in [0, 0.1) is 0 Å². The van der Waals surface area contributed by atoms with Gasteiger partial charge in [0, 0.05) is 30.7 Å². The van der Waals surface area contributed by atoms with Crippen molar-refractivity contribution in [3.63, 3.8) is 0 Å². The van der Waals surface area contributed by atoms with E-state index >= 15 is 0 Å². The van der Waals surface area contributed by atoms with E-state index in [1.54, 1.807) is 5.57 Å². The molecule has 0 radical (unpaired) electrons. The highest BCUT2D eigenvalue weighted by molar-refractivity contribution is 5.83. The predicted octanol–water partition coefficient (Wildman–Crippen LogP) is 4.16.